The van der Waals surface area contributed by atoms with Gasteiger partial charge in [0.1, 0.15) is 5.75 Å². The van der Waals surface area contributed by atoms with E-state index in [1.807, 2.05) is 18.2 Å². The van der Waals surface area contributed by atoms with Crippen molar-refractivity contribution in [2.24, 2.45) is 5.92 Å². The lowest BCUT2D eigenvalue weighted by Gasteiger charge is -2.11. The number of hydrogen-bond acceptors (Lipinski definition) is 4. The molecule has 124 valence electrons. The molecule has 1 heterocycles. The zero-order valence-electron chi connectivity index (χ0n) is 13.7. The third-order valence-corrected chi connectivity index (χ3v) is 3.25. The van der Waals surface area contributed by atoms with Crippen LogP contribution in [0.5, 0.6) is 11.5 Å². The summed E-state index contributed by atoms with van der Waals surface area (Å²) in [6, 6.07) is 10.8. The van der Waals surface area contributed by atoms with Crippen LogP contribution in [0.4, 0.5) is 5.69 Å². The lowest BCUT2D eigenvalue weighted by atomic mass is 10.2. The standard InChI is InChI=1S/C18H24N2O3/c1-14(2)13-23-17-5-3-10-20(18(17)21)11-4-12-22-16-8-6-15(19)7-9-16/h3,5-10,14H,4,11-13,19H2,1-2H3. The van der Waals surface area contributed by atoms with E-state index in [0.29, 0.717) is 37.1 Å². The first-order chi connectivity index (χ1) is 11.1. The molecule has 0 spiro atoms. The summed E-state index contributed by atoms with van der Waals surface area (Å²) in [6.45, 7) is 5.77. The minimum Gasteiger partial charge on any atom is -0.494 e. The maximum Gasteiger partial charge on any atom is 0.292 e. The van der Waals surface area contributed by atoms with E-state index < -0.39 is 0 Å². The van der Waals surface area contributed by atoms with Crippen LogP contribution in [0.3, 0.4) is 0 Å². The quantitative estimate of drug-likeness (QED) is 0.600. The van der Waals surface area contributed by atoms with Gasteiger partial charge < -0.3 is 19.8 Å². The van der Waals surface area contributed by atoms with Crippen molar-refractivity contribution in [3.63, 3.8) is 0 Å². The average molecular weight is 316 g/mol. The number of nitrogen functional groups attached to an aromatic ring is 1. The third kappa shape index (κ3) is 5.36. The highest BCUT2D eigenvalue weighted by atomic mass is 16.5. The minimum absolute atomic E-state index is 0.0966. The van der Waals surface area contributed by atoms with Crippen LogP contribution in [0, 0.1) is 5.92 Å². The highest BCUT2D eigenvalue weighted by Gasteiger charge is 2.05. The molecule has 2 N–H and O–H groups in total. The molecule has 0 saturated carbocycles. The Balaban J connectivity index is 1.84. The van der Waals surface area contributed by atoms with Crippen molar-refractivity contribution >= 4 is 5.69 Å². The minimum atomic E-state index is -0.0966. The fourth-order valence-electron chi connectivity index (χ4n) is 2.05. The Morgan fingerprint density at radius 3 is 2.57 bits per heavy atom. The van der Waals surface area contributed by atoms with E-state index in [4.69, 9.17) is 15.2 Å². The maximum atomic E-state index is 12.3. The Morgan fingerprint density at radius 2 is 1.87 bits per heavy atom. The summed E-state index contributed by atoms with van der Waals surface area (Å²) in [5, 5.41) is 0. The Morgan fingerprint density at radius 1 is 1.13 bits per heavy atom. The van der Waals surface area contributed by atoms with Crippen LogP contribution in [-0.2, 0) is 6.54 Å². The molecule has 0 unspecified atom stereocenters. The number of nitrogens with two attached hydrogens (primary N) is 1. The van der Waals surface area contributed by atoms with E-state index in [2.05, 4.69) is 13.8 Å². The second kappa shape index (κ2) is 8.27. The largest absolute Gasteiger partial charge is 0.494 e. The number of aromatic nitrogens is 1. The fraction of sp³-hybridized carbons (Fsp3) is 0.389. The highest BCUT2D eigenvalue weighted by Crippen LogP contribution is 2.13. The van der Waals surface area contributed by atoms with Crippen molar-refractivity contribution in [1.29, 1.82) is 0 Å². The zero-order chi connectivity index (χ0) is 16.7. The van der Waals surface area contributed by atoms with Gasteiger partial charge in [-0.2, -0.15) is 0 Å². The lowest BCUT2D eigenvalue weighted by Crippen LogP contribution is -2.23. The lowest BCUT2D eigenvalue weighted by molar-refractivity contribution is 0.264. The number of aryl methyl sites for hydroxylation is 1. The number of anilines is 1. The van der Waals surface area contributed by atoms with Gasteiger partial charge in [-0.1, -0.05) is 13.8 Å². The third-order valence-electron chi connectivity index (χ3n) is 3.25. The van der Waals surface area contributed by atoms with E-state index in [1.165, 1.54) is 0 Å². The molecule has 1 aromatic heterocycles. The number of hydrogen-bond donors (Lipinski definition) is 1. The van der Waals surface area contributed by atoms with Crippen LogP contribution in [0.2, 0.25) is 0 Å². The normalized spacial score (nSPS) is 10.7. The number of benzene rings is 1. The van der Waals surface area contributed by atoms with Gasteiger partial charge in [-0.3, -0.25) is 4.79 Å². The Kier molecular flexibility index (Phi) is 6.09. The zero-order valence-corrected chi connectivity index (χ0v) is 13.7. The fourth-order valence-corrected chi connectivity index (χ4v) is 2.05. The molecular formula is C18H24N2O3. The molecule has 0 radical (unpaired) electrons. The van der Waals surface area contributed by atoms with Crippen molar-refractivity contribution < 1.29 is 9.47 Å². The molecule has 0 atom stereocenters. The molecule has 0 fully saturated rings. The molecule has 0 saturated heterocycles. The predicted molar refractivity (Wildman–Crippen MR) is 92.0 cm³/mol. The van der Waals surface area contributed by atoms with Crippen LogP contribution < -0.4 is 20.8 Å². The summed E-state index contributed by atoms with van der Waals surface area (Å²) in [5.74, 6) is 1.57. The number of nitrogens with zero attached hydrogens (tertiary/aromatic N) is 1. The van der Waals surface area contributed by atoms with Crippen LogP contribution in [0.15, 0.2) is 47.4 Å². The van der Waals surface area contributed by atoms with Gasteiger partial charge in [-0.25, -0.2) is 0 Å². The van der Waals surface area contributed by atoms with Crippen molar-refractivity contribution in [1.82, 2.24) is 4.57 Å². The molecule has 0 aliphatic carbocycles. The summed E-state index contributed by atoms with van der Waals surface area (Å²) in [4.78, 5) is 12.3. The Labute approximate surface area is 136 Å². The van der Waals surface area contributed by atoms with Gasteiger partial charge in [0.15, 0.2) is 5.75 Å². The number of ether oxygens (including phenoxy) is 2. The van der Waals surface area contributed by atoms with Crippen LogP contribution in [0.25, 0.3) is 0 Å². The van der Waals surface area contributed by atoms with Gasteiger partial charge in [-0.05, 0) is 48.7 Å². The van der Waals surface area contributed by atoms with Gasteiger partial charge in [-0.15, -0.1) is 0 Å². The first-order valence-electron chi connectivity index (χ1n) is 7.87. The van der Waals surface area contributed by atoms with Crippen molar-refractivity contribution in [2.75, 3.05) is 18.9 Å². The van der Waals surface area contributed by atoms with Gasteiger partial charge >= 0.3 is 0 Å². The number of pyridine rings is 1. The molecule has 0 amide bonds. The maximum absolute atomic E-state index is 12.3. The molecule has 0 aliphatic rings. The van der Waals surface area contributed by atoms with Crippen LogP contribution in [0.1, 0.15) is 20.3 Å². The monoisotopic (exact) mass is 316 g/mol. The molecule has 0 aliphatic heterocycles. The van der Waals surface area contributed by atoms with Crippen molar-refractivity contribution in [3.8, 4) is 11.5 Å². The van der Waals surface area contributed by atoms with Gasteiger partial charge in [0.2, 0.25) is 0 Å². The highest BCUT2D eigenvalue weighted by molar-refractivity contribution is 5.41. The summed E-state index contributed by atoms with van der Waals surface area (Å²) in [7, 11) is 0. The van der Waals surface area contributed by atoms with E-state index in [-0.39, 0.29) is 5.56 Å². The summed E-state index contributed by atoms with van der Waals surface area (Å²) in [5.41, 5.74) is 6.24. The van der Waals surface area contributed by atoms with Gasteiger partial charge in [0.25, 0.3) is 5.56 Å². The van der Waals surface area contributed by atoms with Gasteiger partial charge in [0, 0.05) is 18.4 Å². The molecular weight excluding hydrogens is 292 g/mol. The van der Waals surface area contributed by atoms with Gasteiger partial charge in [0.05, 0.1) is 13.2 Å². The van der Waals surface area contributed by atoms with Crippen LogP contribution >= 0.6 is 0 Å². The molecule has 5 heteroatoms. The van der Waals surface area contributed by atoms with Crippen molar-refractivity contribution in [2.45, 2.75) is 26.8 Å². The number of rotatable bonds is 8. The van der Waals surface area contributed by atoms with E-state index in [9.17, 15) is 4.79 Å². The van der Waals surface area contributed by atoms with E-state index in [1.54, 1.807) is 29.0 Å². The smallest absolute Gasteiger partial charge is 0.292 e. The predicted octanol–water partition coefficient (Wildman–Crippen LogP) is 2.93. The molecule has 5 nitrogen and oxygen atoms in total. The molecule has 1 aromatic carbocycles. The topological polar surface area (TPSA) is 66.5 Å². The second-order valence-electron chi connectivity index (χ2n) is 5.85. The van der Waals surface area contributed by atoms with E-state index in [0.717, 1.165) is 12.2 Å². The molecule has 2 rings (SSSR count). The Bertz CT molecular complexity index is 663. The summed E-state index contributed by atoms with van der Waals surface area (Å²) < 4.78 is 12.8. The first-order valence-corrected chi connectivity index (χ1v) is 7.87. The van der Waals surface area contributed by atoms with Crippen molar-refractivity contribution in [3.05, 3.63) is 52.9 Å². The van der Waals surface area contributed by atoms with Crippen LogP contribution in [-0.4, -0.2) is 17.8 Å². The first kappa shape index (κ1) is 16.9. The summed E-state index contributed by atoms with van der Waals surface area (Å²) in [6.07, 6.45) is 2.51. The summed E-state index contributed by atoms with van der Waals surface area (Å²) >= 11 is 0. The average Bonchev–Trinajstić information content (AvgIpc) is 2.53. The van der Waals surface area contributed by atoms with E-state index >= 15 is 0 Å². The molecule has 2 aromatic rings. The second-order valence-corrected chi connectivity index (χ2v) is 5.85. The molecule has 23 heavy (non-hydrogen) atoms. The SMILES string of the molecule is CC(C)COc1cccn(CCCOc2ccc(N)cc2)c1=O. The Hall–Kier alpha value is -2.43. The molecule has 0 bridgehead atoms.